The van der Waals surface area contributed by atoms with Gasteiger partial charge in [-0.1, -0.05) is 13.0 Å². The molecule has 0 unspecified atom stereocenters. The van der Waals surface area contributed by atoms with Gasteiger partial charge in [0.05, 0.1) is 12.2 Å². The molecule has 19 heavy (non-hydrogen) atoms. The predicted octanol–water partition coefficient (Wildman–Crippen LogP) is 3.12. The van der Waals surface area contributed by atoms with Crippen molar-refractivity contribution >= 4 is 11.6 Å². The third-order valence-electron chi connectivity index (χ3n) is 2.80. The molecule has 2 aromatic heterocycles. The number of oxazole rings is 1. The first-order valence-corrected chi connectivity index (χ1v) is 6.56. The highest BCUT2D eigenvalue weighted by Crippen LogP contribution is 2.12. The molecule has 102 valence electrons. The van der Waals surface area contributed by atoms with Gasteiger partial charge in [-0.2, -0.15) is 0 Å². The van der Waals surface area contributed by atoms with Crippen molar-refractivity contribution in [2.45, 2.75) is 33.7 Å². The van der Waals surface area contributed by atoms with Gasteiger partial charge in [0, 0.05) is 6.54 Å². The number of hydrogen-bond acceptors (Lipinski definition) is 5. The van der Waals surface area contributed by atoms with Gasteiger partial charge in [0.1, 0.15) is 17.4 Å². The van der Waals surface area contributed by atoms with Crippen molar-refractivity contribution in [2.75, 3.05) is 17.2 Å². The van der Waals surface area contributed by atoms with Crippen LogP contribution in [0.5, 0.6) is 0 Å². The maximum absolute atomic E-state index is 5.51. The first kappa shape index (κ1) is 13.4. The van der Waals surface area contributed by atoms with Gasteiger partial charge in [-0.15, -0.1) is 0 Å². The lowest BCUT2D eigenvalue weighted by Crippen LogP contribution is -2.05. The summed E-state index contributed by atoms with van der Waals surface area (Å²) in [5, 5.41) is 6.47. The van der Waals surface area contributed by atoms with Crippen LogP contribution in [0.15, 0.2) is 22.6 Å². The quantitative estimate of drug-likeness (QED) is 0.835. The summed E-state index contributed by atoms with van der Waals surface area (Å²) < 4.78 is 5.51. The molecule has 0 spiro atoms. The summed E-state index contributed by atoms with van der Waals surface area (Å²) in [5.74, 6) is 3.24. The van der Waals surface area contributed by atoms with E-state index in [2.05, 4.69) is 27.5 Å². The molecule has 2 aromatic rings. The van der Waals surface area contributed by atoms with Crippen LogP contribution in [0.4, 0.5) is 11.6 Å². The Morgan fingerprint density at radius 1 is 1.11 bits per heavy atom. The van der Waals surface area contributed by atoms with E-state index in [-0.39, 0.29) is 0 Å². The zero-order valence-corrected chi connectivity index (χ0v) is 11.7. The lowest BCUT2D eigenvalue weighted by atomic mass is 10.4. The third kappa shape index (κ3) is 3.71. The number of aryl methyl sites for hydroxylation is 2. The normalized spacial score (nSPS) is 10.5. The van der Waals surface area contributed by atoms with Crippen molar-refractivity contribution in [1.29, 1.82) is 0 Å². The van der Waals surface area contributed by atoms with Crippen molar-refractivity contribution < 1.29 is 4.42 Å². The molecule has 0 atom stereocenters. The highest BCUT2D eigenvalue weighted by Gasteiger charge is 2.05. The lowest BCUT2D eigenvalue weighted by molar-refractivity contribution is 0.478. The fourth-order valence-corrected chi connectivity index (χ4v) is 1.67. The molecule has 0 radical (unpaired) electrons. The molecule has 0 aliphatic rings. The van der Waals surface area contributed by atoms with Gasteiger partial charge in [-0.05, 0) is 32.4 Å². The van der Waals surface area contributed by atoms with Crippen molar-refractivity contribution in [2.24, 2.45) is 0 Å². The summed E-state index contributed by atoms with van der Waals surface area (Å²) in [7, 11) is 0. The number of nitrogens with one attached hydrogen (secondary N) is 2. The lowest BCUT2D eigenvalue weighted by Gasteiger charge is -2.07. The second-order valence-corrected chi connectivity index (χ2v) is 4.44. The minimum Gasteiger partial charge on any atom is -0.444 e. The van der Waals surface area contributed by atoms with E-state index in [9.17, 15) is 0 Å². The molecule has 0 fully saturated rings. The maximum atomic E-state index is 5.51. The van der Waals surface area contributed by atoms with E-state index in [1.807, 2.05) is 32.0 Å². The van der Waals surface area contributed by atoms with Crippen LogP contribution in [-0.4, -0.2) is 16.5 Å². The highest BCUT2D eigenvalue weighted by atomic mass is 16.4. The zero-order valence-electron chi connectivity index (χ0n) is 11.7. The van der Waals surface area contributed by atoms with Crippen LogP contribution in [0.1, 0.15) is 30.7 Å². The van der Waals surface area contributed by atoms with Gasteiger partial charge in [0.25, 0.3) is 0 Å². The predicted molar refractivity (Wildman–Crippen MR) is 76.3 cm³/mol. The molecule has 0 saturated carbocycles. The van der Waals surface area contributed by atoms with Crippen molar-refractivity contribution in [3.63, 3.8) is 0 Å². The van der Waals surface area contributed by atoms with E-state index in [1.165, 1.54) is 0 Å². The fraction of sp³-hybridized carbons (Fsp3) is 0.429. The standard InChI is InChI=1S/C14H20N4O/c1-4-8-15-12-6-5-7-13(18-12)16-9-14-17-10(2)11(3)19-14/h5-7H,4,8-9H2,1-3H3,(H2,15,16,18). The molecular weight excluding hydrogens is 240 g/mol. The van der Waals surface area contributed by atoms with Crippen molar-refractivity contribution in [1.82, 2.24) is 9.97 Å². The Balaban J connectivity index is 1.95. The molecule has 0 amide bonds. The first-order valence-electron chi connectivity index (χ1n) is 6.56. The van der Waals surface area contributed by atoms with Gasteiger partial charge in [-0.3, -0.25) is 0 Å². The SMILES string of the molecule is CCCNc1cccc(NCc2nc(C)c(C)o2)n1. The van der Waals surface area contributed by atoms with Crippen LogP contribution in [0.25, 0.3) is 0 Å². The number of pyridine rings is 1. The average molecular weight is 260 g/mol. The van der Waals surface area contributed by atoms with E-state index in [1.54, 1.807) is 0 Å². The third-order valence-corrected chi connectivity index (χ3v) is 2.80. The molecule has 2 heterocycles. The van der Waals surface area contributed by atoms with E-state index in [4.69, 9.17) is 4.42 Å². The van der Waals surface area contributed by atoms with Crippen molar-refractivity contribution in [3.8, 4) is 0 Å². The van der Waals surface area contributed by atoms with Crippen LogP contribution in [0.3, 0.4) is 0 Å². The minimum atomic E-state index is 0.541. The van der Waals surface area contributed by atoms with E-state index in [0.717, 1.165) is 36.1 Å². The Kier molecular flexibility index (Phi) is 4.39. The molecule has 2 N–H and O–H groups in total. The molecule has 5 nitrogen and oxygen atoms in total. The fourth-order valence-electron chi connectivity index (χ4n) is 1.67. The van der Waals surface area contributed by atoms with Gasteiger partial charge >= 0.3 is 0 Å². The Labute approximate surface area is 113 Å². The molecule has 0 aliphatic heterocycles. The molecule has 0 aromatic carbocycles. The Bertz CT molecular complexity index is 516. The molecule has 0 saturated heterocycles. The topological polar surface area (TPSA) is 63.0 Å². The Morgan fingerprint density at radius 2 is 1.84 bits per heavy atom. The van der Waals surface area contributed by atoms with Gasteiger partial charge < -0.3 is 15.1 Å². The smallest absolute Gasteiger partial charge is 0.213 e. The first-order chi connectivity index (χ1) is 9.19. The summed E-state index contributed by atoms with van der Waals surface area (Å²) in [6.45, 7) is 7.45. The largest absolute Gasteiger partial charge is 0.444 e. The average Bonchev–Trinajstić information content (AvgIpc) is 2.74. The number of rotatable bonds is 6. The van der Waals surface area contributed by atoms with E-state index >= 15 is 0 Å². The molecule has 2 rings (SSSR count). The highest BCUT2D eigenvalue weighted by molar-refractivity contribution is 5.45. The molecule has 0 aliphatic carbocycles. The van der Waals surface area contributed by atoms with E-state index in [0.29, 0.717) is 12.4 Å². The van der Waals surface area contributed by atoms with Crippen LogP contribution >= 0.6 is 0 Å². The zero-order chi connectivity index (χ0) is 13.7. The molecular formula is C14H20N4O. The van der Waals surface area contributed by atoms with Crippen molar-refractivity contribution in [3.05, 3.63) is 35.5 Å². The molecule has 0 bridgehead atoms. The van der Waals surface area contributed by atoms with Crippen LogP contribution in [-0.2, 0) is 6.54 Å². The number of nitrogens with zero attached hydrogens (tertiary/aromatic N) is 2. The number of aromatic nitrogens is 2. The number of hydrogen-bond donors (Lipinski definition) is 2. The van der Waals surface area contributed by atoms with Crippen LogP contribution < -0.4 is 10.6 Å². The van der Waals surface area contributed by atoms with Gasteiger partial charge in [0.2, 0.25) is 5.89 Å². The number of anilines is 2. The Hall–Kier alpha value is -2.04. The summed E-state index contributed by atoms with van der Waals surface area (Å²) in [6.07, 6.45) is 1.08. The maximum Gasteiger partial charge on any atom is 0.213 e. The summed E-state index contributed by atoms with van der Waals surface area (Å²) >= 11 is 0. The second-order valence-electron chi connectivity index (χ2n) is 4.44. The van der Waals surface area contributed by atoms with Crippen LogP contribution in [0.2, 0.25) is 0 Å². The summed E-state index contributed by atoms with van der Waals surface area (Å²) in [5.41, 5.74) is 0.933. The summed E-state index contributed by atoms with van der Waals surface area (Å²) in [4.78, 5) is 8.79. The van der Waals surface area contributed by atoms with E-state index < -0.39 is 0 Å². The van der Waals surface area contributed by atoms with Crippen LogP contribution in [0, 0.1) is 13.8 Å². The molecule has 5 heteroatoms. The monoisotopic (exact) mass is 260 g/mol. The van der Waals surface area contributed by atoms with Gasteiger partial charge in [0.15, 0.2) is 0 Å². The summed E-state index contributed by atoms with van der Waals surface area (Å²) in [6, 6.07) is 5.86. The van der Waals surface area contributed by atoms with Gasteiger partial charge in [-0.25, -0.2) is 9.97 Å². The minimum absolute atomic E-state index is 0.541. The Morgan fingerprint density at radius 3 is 2.47 bits per heavy atom. The second kappa shape index (κ2) is 6.22.